The number of rotatable bonds is 12. The molecule has 8 heteroatoms. The minimum Gasteiger partial charge on any atom is -0.495 e. The van der Waals surface area contributed by atoms with Crippen LogP contribution in [-0.4, -0.2) is 42.2 Å². The minimum absolute atomic E-state index is 0.106. The van der Waals surface area contributed by atoms with E-state index in [4.69, 9.17) is 4.74 Å². The van der Waals surface area contributed by atoms with E-state index >= 15 is 0 Å². The normalized spacial score (nSPS) is 17.1. The molecule has 1 aromatic heterocycles. The molecule has 2 rings (SSSR count). The number of halogens is 1. The molecule has 1 heterocycles. The Morgan fingerprint density at radius 1 is 1.38 bits per heavy atom. The van der Waals surface area contributed by atoms with Crippen molar-refractivity contribution < 1.29 is 19.4 Å². The van der Waals surface area contributed by atoms with Crippen LogP contribution in [0.4, 0.5) is 0 Å². The van der Waals surface area contributed by atoms with Gasteiger partial charge in [-0.3, -0.25) is 9.59 Å². The van der Waals surface area contributed by atoms with E-state index in [0.717, 1.165) is 35.9 Å². The molecule has 0 spiro atoms. The highest BCUT2D eigenvalue weighted by atomic mass is 79.9. The number of methoxy groups -OCH3 is 1. The number of thiophene rings is 1. The van der Waals surface area contributed by atoms with Crippen LogP contribution < -0.4 is 15.4 Å². The maximum atomic E-state index is 12.6. The molecule has 1 aromatic rings. The van der Waals surface area contributed by atoms with Crippen molar-refractivity contribution in [2.45, 2.75) is 76.9 Å². The molecule has 29 heavy (non-hydrogen) atoms. The summed E-state index contributed by atoms with van der Waals surface area (Å²) in [5.41, 5.74) is -0.261. The molecule has 6 nitrogen and oxygen atoms in total. The van der Waals surface area contributed by atoms with Crippen LogP contribution >= 0.6 is 27.3 Å². The highest BCUT2D eigenvalue weighted by Gasteiger charge is 2.38. The van der Waals surface area contributed by atoms with Crippen molar-refractivity contribution in [3.05, 3.63) is 14.7 Å². The van der Waals surface area contributed by atoms with Crippen molar-refractivity contribution in [2.24, 2.45) is 5.92 Å². The number of amides is 2. The highest BCUT2D eigenvalue weighted by molar-refractivity contribution is 9.11. The molecule has 2 amide bonds. The number of carbonyl (C=O) groups is 2. The van der Waals surface area contributed by atoms with E-state index in [1.54, 1.807) is 13.2 Å². The molecule has 0 bridgehead atoms. The first-order valence-corrected chi connectivity index (χ1v) is 12.0. The van der Waals surface area contributed by atoms with E-state index in [-0.39, 0.29) is 23.8 Å². The number of nitrogens with one attached hydrogen (secondary N) is 2. The van der Waals surface area contributed by atoms with Crippen LogP contribution in [0.3, 0.4) is 0 Å². The SMILES string of the molecule is CCC(C)CCC(O)CC(=O)NCCC1(NC(=O)c2cc(OC)c(Br)s2)CCC1. The molecule has 1 aliphatic carbocycles. The van der Waals surface area contributed by atoms with Gasteiger partial charge in [-0.25, -0.2) is 0 Å². The second-order valence-corrected chi connectivity index (χ2v) is 10.5. The van der Waals surface area contributed by atoms with Crippen molar-refractivity contribution in [3.8, 4) is 5.75 Å². The fourth-order valence-electron chi connectivity index (χ4n) is 3.46. The van der Waals surface area contributed by atoms with E-state index in [2.05, 4.69) is 40.4 Å². The molecule has 0 saturated heterocycles. The van der Waals surface area contributed by atoms with Gasteiger partial charge in [0, 0.05) is 18.2 Å². The molecule has 1 saturated carbocycles. The van der Waals surface area contributed by atoms with Gasteiger partial charge in [0.05, 0.1) is 24.5 Å². The Hall–Kier alpha value is -1.12. The molecule has 1 fully saturated rings. The van der Waals surface area contributed by atoms with Crippen molar-refractivity contribution in [1.29, 1.82) is 0 Å². The Labute approximate surface area is 185 Å². The van der Waals surface area contributed by atoms with Crippen LogP contribution in [0, 0.1) is 5.92 Å². The Morgan fingerprint density at radius 2 is 2.10 bits per heavy atom. The lowest BCUT2D eigenvalue weighted by Crippen LogP contribution is -2.54. The van der Waals surface area contributed by atoms with Crippen molar-refractivity contribution in [2.75, 3.05) is 13.7 Å². The smallest absolute Gasteiger partial charge is 0.261 e. The van der Waals surface area contributed by atoms with E-state index in [0.29, 0.717) is 35.9 Å². The average Bonchev–Trinajstić information content (AvgIpc) is 3.04. The second kappa shape index (κ2) is 11.3. The summed E-state index contributed by atoms with van der Waals surface area (Å²) >= 11 is 4.75. The third-order valence-electron chi connectivity index (χ3n) is 5.82. The van der Waals surface area contributed by atoms with Gasteiger partial charge in [0.2, 0.25) is 5.91 Å². The number of carbonyl (C=O) groups excluding carboxylic acids is 2. The van der Waals surface area contributed by atoms with E-state index in [9.17, 15) is 14.7 Å². The lowest BCUT2D eigenvalue weighted by molar-refractivity contribution is -0.123. The van der Waals surface area contributed by atoms with Crippen LogP contribution in [0.5, 0.6) is 5.75 Å². The van der Waals surface area contributed by atoms with Gasteiger partial charge in [0.1, 0.15) is 9.54 Å². The molecule has 0 aromatic carbocycles. The molecule has 3 N–H and O–H groups in total. The number of hydrogen-bond acceptors (Lipinski definition) is 5. The molecular formula is C21H33BrN2O4S. The molecule has 0 aliphatic heterocycles. The van der Waals surface area contributed by atoms with Crippen molar-refractivity contribution in [3.63, 3.8) is 0 Å². The third kappa shape index (κ3) is 7.26. The van der Waals surface area contributed by atoms with E-state index in [1.165, 1.54) is 11.3 Å². The second-order valence-electron chi connectivity index (χ2n) is 8.09. The summed E-state index contributed by atoms with van der Waals surface area (Å²) in [6.45, 7) is 4.78. The summed E-state index contributed by atoms with van der Waals surface area (Å²) in [5.74, 6) is 0.987. The number of aliphatic hydroxyl groups excluding tert-OH is 1. The summed E-state index contributed by atoms with van der Waals surface area (Å²) in [4.78, 5) is 25.3. The fourth-order valence-corrected chi connectivity index (χ4v) is 5.00. The zero-order valence-corrected chi connectivity index (χ0v) is 20.0. The predicted molar refractivity (Wildman–Crippen MR) is 120 cm³/mol. The first-order chi connectivity index (χ1) is 13.8. The van der Waals surface area contributed by atoms with E-state index < -0.39 is 6.10 Å². The third-order valence-corrected chi connectivity index (χ3v) is 7.60. The van der Waals surface area contributed by atoms with Gasteiger partial charge in [-0.1, -0.05) is 20.3 Å². The van der Waals surface area contributed by atoms with Gasteiger partial charge in [-0.15, -0.1) is 11.3 Å². The lowest BCUT2D eigenvalue weighted by Gasteiger charge is -2.42. The first kappa shape index (κ1) is 24.2. The van der Waals surface area contributed by atoms with Gasteiger partial charge in [-0.05, 0) is 60.4 Å². The topological polar surface area (TPSA) is 87.7 Å². The van der Waals surface area contributed by atoms with E-state index in [1.807, 2.05) is 0 Å². The number of ether oxygens (including phenoxy) is 1. The summed E-state index contributed by atoms with van der Waals surface area (Å²) in [7, 11) is 1.58. The van der Waals surface area contributed by atoms with Gasteiger partial charge in [0.25, 0.3) is 5.91 Å². The quantitative estimate of drug-likeness (QED) is 0.410. The molecule has 164 valence electrons. The highest BCUT2D eigenvalue weighted by Crippen LogP contribution is 2.37. The van der Waals surface area contributed by atoms with Gasteiger partial charge in [-0.2, -0.15) is 0 Å². The summed E-state index contributed by atoms with van der Waals surface area (Å²) in [5, 5.41) is 16.1. The Morgan fingerprint density at radius 3 is 2.66 bits per heavy atom. The van der Waals surface area contributed by atoms with Crippen LogP contribution in [-0.2, 0) is 4.79 Å². The van der Waals surface area contributed by atoms with Crippen LogP contribution in [0.2, 0.25) is 0 Å². The average molecular weight is 489 g/mol. The Balaban J connectivity index is 1.76. The molecule has 0 radical (unpaired) electrons. The lowest BCUT2D eigenvalue weighted by atomic mass is 9.74. The van der Waals surface area contributed by atoms with Crippen LogP contribution in [0.1, 0.15) is 74.9 Å². The van der Waals surface area contributed by atoms with Crippen LogP contribution in [0.25, 0.3) is 0 Å². The maximum absolute atomic E-state index is 12.6. The standard InChI is InChI=1S/C21H33BrN2O4S/c1-4-14(2)6-7-15(25)12-18(26)23-11-10-21(8-5-9-21)24-20(27)17-13-16(28-3)19(22)29-17/h13-15,25H,4-12H2,1-3H3,(H,23,26)(H,24,27). The maximum Gasteiger partial charge on any atom is 0.261 e. The Bertz CT molecular complexity index is 690. The summed E-state index contributed by atoms with van der Waals surface area (Å²) in [6.07, 6.45) is 5.81. The molecule has 2 unspecified atom stereocenters. The largest absolute Gasteiger partial charge is 0.495 e. The van der Waals surface area contributed by atoms with Gasteiger partial charge >= 0.3 is 0 Å². The zero-order chi connectivity index (χ0) is 21.4. The number of aliphatic hydroxyl groups is 1. The first-order valence-electron chi connectivity index (χ1n) is 10.4. The predicted octanol–water partition coefficient (Wildman–Crippen LogP) is 4.26. The Kier molecular flexibility index (Phi) is 9.43. The van der Waals surface area contributed by atoms with Gasteiger partial charge < -0.3 is 20.5 Å². The minimum atomic E-state index is -0.589. The molecule has 2 atom stereocenters. The fraction of sp³-hybridized carbons (Fsp3) is 0.714. The van der Waals surface area contributed by atoms with Crippen molar-refractivity contribution >= 4 is 39.1 Å². The zero-order valence-electron chi connectivity index (χ0n) is 17.6. The molecular weight excluding hydrogens is 456 g/mol. The number of hydrogen-bond donors (Lipinski definition) is 3. The van der Waals surface area contributed by atoms with Crippen molar-refractivity contribution in [1.82, 2.24) is 10.6 Å². The summed E-state index contributed by atoms with van der Waals surface area (Å²) in [6, 6.07) is 1.74. The summed E-state index contributed by atoms with van der Waals surface area (Å²) < 4.78 is 6.02. The van der Waals surface area contributed by atoms with Crippen LogP contribution in [0.15, 0.2) is 9.85 Å². The molecule has 1 aliphatic rings. The monoisotopic (exact) mass is 488 g/mol. The van der Waals surface area contributed by atoms with Gasteiger partial charge in [0.15, 0.2) is 0 Å².